The number of likely N-dealkylation sites (tertiary alicyclic amines) is 1. The Bertz CT molecular complexity index is 604. The largest absolute Gasteiger partial charge is 0.330 e. The minimum absolute atomic E-state index is 0.0333. The average Bonchev–Trinajstić information content (AvgIpc) is 2.57. The molecule has 1 aliphatic heterocycles. The normalized spacial score (nSPS) is 18.3. The van der Waals surface area contributed by atoms with Gasteiger partial charge >= 0.3 is 0 Å². The number of halogens is 1. The van der Waals surface area contributed by atoms with E-state index in [1.807, 2.05) is 12.1 Å². The number of benzene rings is 2. The number of piperidine rings is 1. The van der Waals surface area contributed by atoms with Crippen molar-refractivity contribution >= 4 is 11.6 Å². The van der Waals surface area contributed by atoms with Crippen LogP contribution in [0.2, 0.25) is 5.02 Å². The fourth-order valence-corrected chi connectivity index (χ4v) is 3.79. The Morgan fingerprint density at radius 1 is 0.955 bits per heavy atom. The molecule has 116 valence electrons. The average molecular weight is 315 g/mol. The molecule has 0 saturated carbocycles. The van der Waals surface area contributed by atoms with Crippen molar-refractivity contribution in [1.82, 2.24) is 4.90 Å². The Balaban J connectivity index is 1.70. The molecule has 1 saturated heterocycles. The molecular weight excluding hydrogens is 292 g/mol. The van der Waals surface area contributed by atoms with E-state index in [1.165, 1.54) is 11.1 Å². The molecule has 2 N–H and O–H groups in total. The molecule has 0 aromatic heterocycles. The highest BCUT2D eigenvalue weighted by molar-refractivity contribution is 6.31. The number of nitrogens with two attached hydrogens (primary N) is 1. The van der Waals surface area contributed by atoms with Crippen LogP contribution >= 0.6 is 11.6 Å². The lowest BCUT2D eigenvalue weighted by molar-refractivity contribution is 0.156. The van der Waals surface area contributed by atoms with E-state index in [4.69, 9.17) is 17.3 Å². The number of hydrogen-bond donors (Lipinski definition) is 1. The molecule has 2 aromatic carbocycles. The Labute approximate surface area is 137 Å². The van der Waals surface area contributed by atoms with Crippen LogP contribution in [0, 0.1) is 0 Å². The lowest BCUT2D eigenvalue weighted by Gasteiger charge is -2.42. The van der Waals surface area contributed by atoms with Crippen molar-refractivity contribution in [2.75, 3.05) is 19.6 Å². The highest BCUT2D eigenvalue weighted by Crippen LogP contribution is 2.38. The molecule has 0 atom stereocenters. The zero-order chi connectivity index (χ0) is 15.4. The first kappa shape index (κ1) is 15.5. The van der Waals surface area contributed by atoms with Crippen LogP contribution in [0.5, 0.6) is 0 Å². The Hall–Kier alpha value is -1.35. The van der Waals surface area contributed by atoms with E-state index in [0.717, 1.165) is 37.5 Å². The van der Waals surface area contributed by atoms with Crippen LogP contribution in [-0.4, -0.2) is 24.5 Å². The van der Waals surface area contributed by atoms with Gasteiger partial charge in [0, 0.05) is 23.5 Å². The Kier molecular flexibility index (Phi) is 4.82. The Morgan fingerprint density at radius 2 is 1.59 bits per heavy atom. The van der Waals surface area contributed by atoms with Crippen LogP contribution < -0.4 is 5.73 Å². The van der Waals surface area contributed by atoms with Crippen molar-refractivity contribution in [2.24, 2.45) is 5.73 Å². The van der Waals surface area contributed by atoms with Crippen LogP contribution in [0.25, 0.3) is 0 Å². The fraction of sp³-hybridized carbons (Fsp3) is 0.368. The van der Waals surface area contributed by atoms with E-state index >= 15 is 0 Å². The van der Waals surface area contributed by atoms with Gasteiger partial charge in [0.25, 0.3) is 0 Å². The molecule has 0 amide bonds. The van der Waals surface area contributed by atoms with Crippen LogP contribution in [0.1, 0.15) is 24.0 Å². The van der Waals surface area contributed by atoms with Crippen LogP contribution in [0.15, 0.2) is 54.6 Å². The summed E-state index contributed by atoms with van der Waals surface area (Å²) in [4.78, 5) is 2.51. The van der Waals surface area contributed by atoms with Gasteiger partial charge in [-0.05, 0) is 43.1 Å². The lowest BCUT2D eigenvalue weighted by atomic mass is 9.72. The number of hydrogen-bond acceptors (Lipinski definition) is 2. The molecule has 22 heavy (non-hydrogen) atoms. The maximum absolute atomic E-state index is 6.42. The maximum Gasteiger partial charge on any atom is 0.0444 e. The molecule has 0 radical (unpaired) electrons. The van der Waals surface area contributed by atoms with Crippen molar-refractivity contribution in [3.8, 4) is 0 Å². The molecule has 1 aliphatic rings. The van der Waals surface area contributed by atoms with Gasteiger partial charge in [-0.1, -0.05) is 60.1 Å². The van der Waals surface area contributed by atoms with Gasteiger partial charge in [0.05, 0.1) is 0 Å². The van der Waals surface area contributed by atoms with Gasteiger partial charge in [0.1, 0.15) is 0 Å². The predicted octanol–water partition coefficient (Wildman–Crippen LogP) is 3.83. The standard InChI is InChI=1S/C19H23ClN2/c20-18-9-5-4-8-17(18)19(15-21)10-12-22(13-11-19)14-16-6-2-1-3-7-16/h1-9H,10-15,21H2. The van der Waals surface area contributed by atoms with E-state index in [9.17, 15) is 0 Å². The molecule has 0 spiro atoms. The fourth-order valence-electron chi connectivity index (χ4n) is 3.46. The molecule has 0 bridgehead atoms. The molecule has 0 aliphatic carbocycles. The zero-order valence-electron chi connectivity index (χ0n) is 12.8. The third kappa shape index (κ3) is 3.19. The van der Waals surface area contributed by atoms with E-state index in [2.05, 4.69) is 47.4 Å². The first-order chi connectivity index (χ1) is 10.7. The molecule has 2 aromatic rings. The summed E-state index contributed by atoms with van der Waals surface area (Å²) in [6.07, 6.45) is 2.14. The summed E-state index contributed by atoms with van der Waals surface area (Å²) >= 11 is 6.42. The quantitative estimate of drug-likeness (QED) is 0.929. The van der Waals surface area contributed by atoms with Crippen molar-refractivity contribution in [3.63, 3.8) is 0 Å². The molecule has 3 rings (SSSR count). The van der Waals surface area contributed by atoms with Crippen molar-refractivity contribution < 1.29 is 0 Å². The van der Waals surface area contributed by atoms with Gasteiger partial charge in [0.2, 0.25) is 0 Å². The first-order valence-corrected chi connectivity index (χ1v) is 8.33. The summed E-state index contributed by atoms with van der Waals surface area (Å²) in [5.41, 5.74) is 8.79. The zero-order valence-corrected chi connectivity index (χ0v) is 13.6. The van der Waals surface area contributed by atoms with Crippen LogP contribution in [0.3, 0.4) is 0 Å². The molecule has 1 fully saturated rings. The second-order valence-corrected chi connectivity index (χ2v) is 6.63. The van der Waals surface area contributed by atoms with Gasteiger partial charge in [0.15, 0.2) is 0 Å². The van der Waals surface area contributed by atoms with Gasteiger partial charge in [-0.2, -0.15) is 0 Å². The summed E-state index contributed by atoms with van der Waals surface area (Å²) in [6.45, 7) is 3.81. The van der Waals surface area contributed by atoms with Crippen molar-refractivity contribution in [3.05, 3.63) is 70.7 Å². The topological polar surface area (TPSA) is 29.3 Å². The predicted molar refractivity (Wildman–Crippen MR) is 93.1 cm³/mol. The highest BCUT2D eigenvalue weighted by Gasteiger charge is 2.36. The summed E-state index contributed by atoms with van der Waals surface area (Å²) in [5.74, 6) is 0. The first-order valence-electron chi connectivity index (χ1n) is 7.95. The molecule has 3 heteroatoms. The monoisotopic (exact) mass is 314 g/mol. The second-order valence-electron chi connectivity index (χ2n) is 6.23. The van der Waals surface area contributed by atoms with E-state index in [0.29, 0.717) is 6.54 Å². The van der Waals surface area contributed by atoms with Crippen molar-refractivity contribution in [2.45, 2.75) is 24.8 Å². The van der Waals surface area contributed by atoms with E-state index in [-0.39, 0.29) is 5.41 Å². The Morgan fingerprint density at radius 3 is 2.23 bits per heavy atom. The SMILES string of the molecule is NCC1(c2ccccc2Cl)CCN(Cc2ccccc2)CC1. The summed E-state index contributed by atoms with van der Waals surface area (Å²) < 4.78 is 0. The molecular formula is C19H23ClN2. The van der Waals surface area contributed by atoms with Crippen LogP contribution in [-0.2, 0) is 12.0 Å². The van der Waals surface area contributed by atoms with Crippen molar-refractivity contribution in [1.29, 1.82) is 0 Å². The summed E-state index contributed by atoms with van der Waals surface area (Å²) in [6, 6.07) is 18.8. The van der Waals surface area contributed by atoms with Gasteiger partial charge in [-0.15, -0.1) is 0 Å². The number of rotatable bonds is 4. The van der Waals surface area contributed by atoms with Gasteiger partial charge < -0.3 is 5.73 Å². The van der Waals surface area contributed by atoms with E-state index in [1.54, 1.807) is 0 Å². The second kappa shape index (κ2) is 6.82. The smallest absolute Gasteiger partial charge is 0.0444 e. The van der Waals surface area contributed by atoms with Gasteiger partial charge in [-0.3, -0.25) is 4.90 Å². The summed E-state index contributed by atoms with van der Waals surface area (Å²) in [5, 5.41) is 0.851. The van der Waals surface area contributed by atoms with Crippen LogP contribution in [0.4, 0.5) is 0 Å². The summed E-state index contributed by atoms with van der Waals surface area (Å²) in [7, 11) is 0. The minimum Gasteiger partial charge on any atom is -0.330 e. The third-order valence-corrected chi connectivity index (χ3v) is 5.23. The third-order valence-electron chi connectivity index (χ3n) is 4.90. The van der Waals surface area contributed by atoms with Gasteiger partial charge in [-0.25, -0.2) is 0 Å². The minimum atomic E-state index is 0.0333. The molecule has 2 nitrogen and oxygen atoms in total. The lowest BCUT2D eigenvalue weighted by Crippen LogP contribution is -2.46. The van der Waals surface area contributed by atoms with E-state index < -0.39 is 0 Å². The highest BCUT2D eigenvalue weighted by atomic mass is 35.5. The molecule has 0 unspecified atom stereocenters. The maximum atomic E-state index is 6.42. The number of nitrogens with zero attached hydrogens (tertiary/aromatic N) is 1. The molecule has 1 heterocycles.